The molecule has 2 N–H and O–H groups in total. The fourth-order valence-electron chi connectivity index (χ4n) is 1.36. The Balaban J connectivity index is 2.47. The Labute approximate surface area is 90.1 Å². The summed E-state index contributed by atoms with van der Waals surface area (Å²) < 4.78 is 6.80. The Hall–Kier alpha value is -1.07. The van der Waals surface area contributed by atoms with E-state index >= 15 is 0 Å². The smallest absolute Gasteiger partial charge is 0.0729 e. The number of aromatic nitrogens is 2. The van der Waals surface area contributed by atoms with E-state index in [1.54, 1.807) is 18.0 Å². The molecule has 86 valence electrons. The van der Waals surface area contributed by atoms with Gasteiger partial charge in [0.1, 0.15) is 0 Å². The van der Waals surface area contributed by atoms with Gasteiger partial charge in [-0.2, -0.15) is 5.10 Å². The van der Waals surface area contributed by atoms with Crippen LogP contribution in [0.1, 0.15) is 13.3 Å². The second-order valence-corrected chi connectivity index (χ2v) is 3.42. The van der Waals surface area contributed by atoms with Gasteiger partial charge in [-0.05, 0) is 6.42 Å². The summed E-state index contributed by atoms with van der Waals surface area (Å²) in [7, 11) is 1.69. The third kappa shape index (κ3) is 3.89. The Morgan fingerprint density at radius 1 is 1.67 bits per heavy atom. The van der Waals surface area contributed by atoms with Crippen LogP contribution in [0.2, 0.25) is 0 Å². The van der Waals surface area contributed by atoms with Crippen molar-refractivity contribution in [3.05, 3.63) is 12.4 Å². The van der Waals surface area contributed by atoms with Crippen LogP contribution in [-0.2, 0) is 11.3 Å². The molecular weight excluding hydrogens is 194 g/mol. The number of aliphatic hydroxyl groups is 1. The number of ether oxygens (including phenoxy) is 1. The highest BCUT2D eigenvalue weighted by Gasteiger charge is 2.06. The van der Waals surface area contributed by atoms with Gasteiger partial charge in [0.25, 0.3) is 0 Å². The van der Waals surface area contributed by atoms with Gasteiger partial charge in [-0.25, -0.2) is 0 Å². The zero-order valence-corrected chi connectivity index (χ0v) is 9.31. The summed E-state index contributed by atoms with van der Waals surface area (Å²) in [6, 6.07) is 0.307. The van der Waals surface area contributed by atoms with E-state index in [4.69, 9.17) is 9.84 Å². The lowest BCUT2D eigenvalue weighted by Crippen LogP contribution is -2.23. The van der Waals surface area contributed by atoms with Gasteiger partial charge >= 0.3 is 0 Å². The molecule has 0 bridgehead atoms. The molecule has 1 rings (SSSR count). The molecule has 0 aliphatic carbocycles. The minimum atomic E-state index is 0.108. The van der Waals surface area contributed by atoms with Gasteiger partial charge in [0.15, 0.2) is 0 Å². The van der Waals surface area contributed by atoms with E-state index < -0.39 is 0 Å². The second-order valence-electron chi connectivity index (χ2n) is 3.42. The zero-order valence-electron chi connectivity index (χ0n) is 9.31. The topological polar surface area (TPSA) is 59.3 Å². The molecule has 0 radical (unpaired) electrons. The molecule has 1 heterocycles. The van der Waals surface area contributed by atoms with Gasteiger partial charge in [-0.1, -0.05) is 6.92 Å². The van der Waals surface area contributed by atoms with Gasteiger partial charge in [-0.15, -0.1) is 0 Å². The number of nitrogens with one attached hydrogen (secondary N) is 1. The molecule has 0 fully saturated rings. The summed E-state index contributed by atoms with van der Waals surface area (Å²) in [5.74, 6) is 0. The molecule has 1 unspecified atom stereocenters. The molecule has 5 nitrogen and oxygen atoms in total. The molecule has 1 aromatic heterocycles. The lowest BCUT2D eigenvalue weighted by molar-refractivity contribution is 0.184. The van der Waals surface area contributed by atoms with Crippen LogP contribution in [0.4, 0.5) is 5.69 Å². The van der Waals surface area contributed by atoms with Gasteiger partial charge < -0.3 is 15.2 Å². The summed E-state index contributed by atoms with van der Waals surface area (Å²) >= 11 is 0. The van der Waals surface area contributed by atoms with Crippen LogP contribution < -0.4 is 5.32 Å². The Bertz CT molecular complexity index is 275. The van der Waals surface area contributed by atoms with Crippen LogP contribution in [0.15, 0.2) is 12.4 Å². The van der Waals surface area contributed by atoms with Crippen LogP contribution in [0.5, 0.6) is 0 Å². The molecule has 0 aromatic carbocycles. The minimum absolute atomic E-state index is 0.108. The number of methoxy groups -OCH3 is 1. The highest BCUT2D eigenvalue weighted by Crippen LogP contribution is 2.08. The first-order valence-corrected chi connectivity index (χ1v) is 5.19. The lowest BCUT2D eigenvalue weighted by Gasteiger charge is -2.15. The molecule has 0 aliphatic heterocycles. The average molecular weight is 213 g/mol. The largest absolute Gasteiger partial charge is 0.394 e. The minimum Gasteiger partial charge on any atom is -0.394 e. The van der Waals surface area contributed by atoms with Crippen molar-refractivity contribution >= 4 is 5.69 Å². The maximum absolute atomic E-state index is 8.74. The molecular formula is C10H19N3O2. The number of nitrogens with zero attached hydrogens (tertiary/aromatic N) is 2. The van der Waals surface area contributed by atoms with Crippen molar-refractivity contribution in [2.24, 2.45) is 0 Å². The molecule has 0 spiro atoms. The first-order chi connectivity index (χ1) is 7.30. The molecule has 1 aromatic rings. The number of hydrogen-bond donors (Lipinski definition) is 2. The highest BCUT2D eigenvalue weighted by atomic mass is 16.5. The predicted octanol–water partition coefficient (Wildman–Crippen LogP) is 0.712. The zero-order chi connectivity index (χ0) is 11.1. The Morgan fingerprint density at radius 2 is 2.47 bits per heavy atom. The van der Waals surface area contributed by atoms with Crippen molar-refractivity contribution in [1.29, 1.82) is 0 Å². The first kappa shape index (κ1) is 12.0. The quantitative estimate of drug-likeness (QED) is 0.700. The van der Waals surface area contributed by atoms with Crippen molar-refractivity contribution in [3.8, 4) is 0 Å². The fraction of sp³-hybridized carbons (Fsp3) is 0.700. The summed E-state index contributed by atoms with van der Waals surface area (Å²) in [5.41, 5.74) is 0.965. The highest BCUT2D eigenvalue weighted by molar-refractivity contribution is 5.39. The second kappa shape index (κ2) is 6.42. The molecule has 1 atom stereocenters. The van der Waals surface area contributed by atoms with Crippen LogP contribution in [0.25, 0.3) is 0 Å². The molecule has 0 aliphatic rings. The third-order valence-corrected chi connectivity index (χ3v) is 2.19. The van der Waals surface area contributed by atoms with Gasteiger partial charge in [0, 0.05) is 19.3 Å². The summed E-state index contributed by atoms with van der Waals surface area (Å²) in [4.78, 5) is 0. The van der Waals surface area contributed by atoms with Gasteiger partial charge in [0.05, 0.1) is 31.6 Å². The third-order valence-electron chi connectivity index (χ3n) is 2.19. The van der Waals surface area contributed by atoms with Crippen LogP contribution in [-0.4, -0.2) is 41.3 Å². The SMILES string of the molecule is CCC(COC)Nc1cnn(CCO)c1. The summed E-state index contributed by atoms with van der Waals surface area (Å²) in [6.07, 6.45) is 4.64. The molecule has 0 saturated carbocycles. The van der Waals surface area contributed by atoms with E-state index in [1.165, 1.54) is 0 Å². The van der Waals surface area contributed by atoms with Crippen molar-refractivity contribution in [2.45, 2.75) is 25.9 Å². The van der Waals surface area contributed by atoms with Crippen molar-refractivity contribution in [1.82, 2.24) is 9.78 Å². The first-order valence-electron chi connectivity index (χ1n) is 5.19. The molecule has 0 amide bonds. The number of anilines is 1. The van der Waals surface area contributed by atoms with E-state index in [1.807, 2.05) is 6.20 Å². The Kier molecular flexibility index (Phi) is 5.14. The standard InChI is InChI=1S/C10H19N3O2/c1-3-9(8-15-2)12-10-6-11-13(7-10)4-5-14/h6-7,9,12,14H,3-5,8H2,1-2H3. The predicted molar refractivity (Wildman–Crippen MR) is 58.9 cm³/mol. The average Bonchev–Trinajstić information content (AvgIpc) is 2.66. The maximum atomic E-state index is 8.74. The summed E-state index contributed by atoms with van der Waals surface area (Å²) in [5, 5.41) is 16.2. The van der Waals surface area contributed by atoms with Gasteiger partial charge in [-0.3, -0.25) is 4.68 Å². The van der Waals surface area contributed by atoms with E-state index in [2.05, 4.69) is 17.3 Å². The Morgan fingerprint density at radius 3 is 3.07 bits per heavy atom. The van der Waals surface area contributed by atoms with E-state index in [0.717, 1.165) is 12.1 Å². The number of hydrogen-bond acceptors (Lipinski definition) is 4. The molecule has 0 saturated heterocycles. The van der Waals surface area contributed by atoms with Crippen LogP contribution in [0.3, 0.4) is 0 Å². The van der Waals surface area contributed by atoms with Crippen molar-refractivity contribution in [3.63, 3.8) is 0 Å². The van der Waals surface area contributed by atoms with E-state index in [0.29, 0.717) is 19.2 Å². The van der Waals surface area contributed by atoms with Crippen molar-refractivity contribution in [2.75, 3.05) is 25.6 Å². The number of rotatable bonds is 7. The lowest BCUT2D eigenvalue weighted by atomic mass is 10.2. The van der Waals surface area contributed by atoms with Crippen molar-refractivity contribution < 1.29 is 9.84 Å². The molecule has 15 heavy (non-hydrogen) atoms. The fourth-order valence-corrected chi connectivity index (χ4v) is 1.36. The molecule has 5 heteroatoms. The maximum Gasteiger partial charge on any atom is 0.0729 e. The van der Waals surface area contributed by atoms with Gasteiger partial charge in [0.2, 0.25) is 0 Å². The number of aliphatic hydroxyl groups excluding tert-OH is 1. The van der Waals surface area contributed by atoms with E-state index in [-0.39, 0.29) is 6.61 Å². The van der Waals surface area contributed by atoms with Crippen LogP contribution in [0, 0.1) is 0 Å². The van der Waals surface area contributed by atoms with Crippen LogP contribution >= 0.6 is 0 Å². The summed E-state index contributed by atoms with van der Waals surface area (Å²) in [6.45, 7) is 3.43. The monoisotopic (exact) mass is 213 g/mol. The normalized spacial score (nSPS) is 12.7. The van der Waals surface area contributed by atoms with E-state index in [9.17, 15) is 0 Å².